The second-order valence-corrected chi connectivity index (χ2v) is 22.6. The van der Waals surface area contributed by atoms with E-state index in [0.717, 1.165) is 55.5 Å². The Kier molecular flexibility index (Phi) is 16.1. The fraction of sp³-hybridized carbons (Fsp3) is 0.759. The van der Waals surface area contributed by atoms with E-state index in [0.29, 0.717) is 43.2 Å². The van der Waals surface area contributed by atoms with Gasteiger partial charge in [0, 0.05) is 12.5 Å². The molecule has 5 aliphatic carbocycles. The highest BCUT2D eigenvalue weighted by Crippen LogP contribution is 2.68. The summed E-state index contributed by atoms with van der Waals surface area (Å²) < 4.78 is 41.7. The first-order valence-electron chi connectivity index (χ1n) is 24.8. The Morgan fingerprint density at radius 2 is 1.37 bits per heavy atom. The summed E-state index contributed by atoms with van der Waals surface area (Å²) in [5.74, 6) is 4.84. The largest absolute Gasteiger partial charge is 0.449 e. The van der Waals surface area contributed by atoms with Gasteiger partial charge in [0.25, 0.3) is 0 Å². The molecule has 0 heterocycles. The monoisotopic (exact) mass is 874 g/mol. The van der Waals surface area contributed by atoms with Crippen molar-refractivity contribution in [2.45, 2.75) is 169 Å². The van der Waals surface area contributed by atoms with Gasteiger partial charge in [0.2, 0.25) is 0 Å². The number of rotatable bonds is 20. The van der Waals surface area contributed by atoms with Gasteiger partial charge in [-0.15, -0.1) is 0 Å². The first kappa shape index (κ1) is 48.4. The van der Waals surface area contributed by atoms with E-state index in [4.69, 9.17) is 33.2 Å². The lowest BCUT2D eigenvalue weighted by Crippen LogP contribution is -2.54. The van der Waals surface area contributed by atoms with Gasteiger partial charge in [0.1, 0.15) is 27.0 Å². The first-order valence-corrected chi connectivity index (χ1v) is 24.8. The topological polar surface area (TPSA) is 93.7 Å². The Morgan fingerprint density at radius 3 is 2.05 bits per heavy atom. The summed E-state index contributed by atoms with van der Waals surface area (Å²) in [5, 5.41) is 3.08. The van der Waals surface area contributed by atoms with E-state index in [9.17, 15) is 4.79 Å². The molecular weight excluding hydrogens is 791 g/mol. The van der Waals surface area contributed by atoms with Gasteiger partial charge in [-0.1, -0.05) is 69.3 Å². The summed E-state index contributed by atoms with van der Waals surface area (Å²) in [7, 11) is 0. The fourth-order valence-electron chi connectivity index (χ4n) is 13.2. The van der Waals surface area contributed by atoms with Gasteiger partial charge >= 0.3 is 6.09 Å². The number of benzene rings is 2. The number of carbonyl (C=O) groups is 1. The molecule has 2 aromatic rings. The minimum absolute atomic E-state index is 0.000135. The van der Waals surface area contributed by atoms with Gasteiger partial charge < -0.3 is 38.5 Å². The van der Waals surface area contributed by atoms with Crippen LogP contribution in [0.3, 0.4) is 0 Å². The van der Waals surface area contributed by atoms with Crippen molar-refractivity contribution in [1.29, 1.82) is 0 Å². The second kappa shape index (κ2) is 21.0. The number of hydrogen-bond acceptors (Lipinski definition) is 8. The molecule has 63 heavy (non-hydrogen) atoms. The van der Waals surface area contributed by atoms with Gasteiger partial charge in [-0.2, -0.15) is 0 Å². The molecule has 1 amide bonds. The van der Waals surface area contributed by atoms with Gasteiger partial charge in [0.05, 0.1) is 36.6 Å². The van der Waals surface area contributed by atoms with E-state index in [-0.39, 0.29) is 49.5 Å². The summed E-state index contributed by atoms with van der Waals surface area (Å²) in [6, 6.07) is 16.5. The number of ether oxygens (including phenoxy) is 7. The lowest BCUT2D eigenvalue weighted by atomic mass is 9.44. The van der Waals surface area contributed by atoms with Crippen molar-refractivity contribution in [2.24, 2.45) is 46.3 Å². The SMILES string of the molecule is C[C@H](CCCOCOC(C)(C)C)C1CC[C@H]2C3CCC4CC(OCOCC(CCOCOC(C)(C)C)NC(=O)OCC5c6ccccc6-c6ccccc65)CCC4(C)[C@H]3CCC12C. The molecule has 0 radical (unpaired) electrons. The number of carbonyl (C=O) groups excluding carboxylic acids is 1. The summed E-state index contributed by atoms with van der Waals surface area (Å²) in [4.78, 5) is 13.3. The van der Waals surface area contributed by atoms with Crippen LogP contribution in [0.25, 0.3) is 11.1 Å². The standard InChI is InChI=1S/C54H83NO8/c1-37(15-14-29-57-35-62-51(2,3)4)47-22-23-48-45-21-20-38-31-40(24-27-53(38,8)49(45)25-28-54(47,48)9)61-34-59-32-39(26-30-58-36-63-52(5,6)7)55-50(56)60-33-46-43-18-12-10-16-41(43)42-17-11-13-19-44(42)46/h10-13,16-19,37-40,45-49H,14-15,20-36H2,1-9H3,(H,55,56)/t37-,38?,39?,40?,45?,47?,48+,49+,53?,54?/m1/s1. The maximum absolute atomic E-state index is 13.3. The molecule has 0 spiro atoms. The summed E-state index contributed by atoms with van der Waals surface area (Å²) in [6.45, 7) is 22.7. The van der Waals surface area contributed by atoms with E-state index in [1.54, 1.807) is 0 Å². The molecule has 0 bridgehead atoms. The number of hydrogen-bond donors (Lipinski definition) is 1. The summed E-state index contributed by atoms with van der Waals surface area (Å²) >= 11 is 0. The van der Waals surface area contributed by atoms with Crippen molar-refractivity contribution < 1.29 is 38.0 Å². The van der Waals surface area contributed by atoms with E-state index in [1.165, 1.54) is 73.6 Å². The predicted molar refractivity (Wildman–Crippen MR) is 249 cm³/mol. The minimum Gasteiger partial charge on any atom is -0.449 e. The molecule has 0 saturated heterocycles. The van der Waals surface area contributed by atoms with Gasteiger partial charge in [-0.05, 0) is 187 Å². The molecular formula is C54H83NO8. The van der Waals surface area contributed by atoms with Crippen LogP contribution in [0.5, 0.6) is 0 Å². The molecule has 5 aliphatic rings. The zero-order valence-corrected chi connectivity index (χ0v) is 40.5. The highest BCUT2D eigenvalue weighted by molar-refractivity contribution is 5.79. The maximum Gasteiger partial charge on any atom is 0.407 e. The first-order chi connectivity index (χ1) is 30.1. The second-order valence-electron chi connectivity index (χ2n) is 22.6. The van der Waals surface area contributed by atoms with Crippen LogP contribution in [0.1, 0.15) is 156 Å². The van der Waals surface area contributed by atoms with Crippen molar-refractivity contribution in [3.63, 3.8) is 0 Å². The quantitative estimate of drug-likeness (QED) is 0.104. The van der Waals surface area contributed by atoms with E-state index in [1.807, 2.05) is 20.8 Å². The van der Waals surface area contributed by atoms with Crippen LogP contribution >= 0.6 is 0 Å². The van der Waals surface area contributed by atoms with Crippen LogP contribution < -0.4 is 5.32 Å². The molecule has 4 saturated carbocycles. The number of alkyl carbamates (subject to hydrolysis) is 1. The molecule has 0 aromatic heterocycles. The Balaban J connectivity index is 0.860. The highest BCUT2D eigenvalue weighted by Gasteiger charge is 2.60. The van der Waals surface area contributed by atoms with Crippen molar-refractivity contribution >= 4 is 6.09 Å². The Morgan fingerprint density at radius 1 is 0.730 bits per heavy atom. The zero-order valence-electron chi connectivity index (χ0n) is 40.5. The molecule has 352 valence electrons. The van der Waals surface area contributed by atoms with Crippen LogP contribution in [0, 0.1) is 46.3 Å². The molecule has 1 N–H and O–H groups in total. The lowest BCUT2D eigenvalue weighted by molar-refractivity contribution is -0.159. The van der Waals surface area contributed by atoms with Crippen LogP contribution in [-0.4, -0.2) is 76.2 Å². The minimum atomic E-state index is -0.450. The molecule has 2 aromatic carbocycles. The predicted octanol–water partition coefficient (Wildman–Crippen LogP) is 12.3. The molecule has 7 rings (SSSR count). The van der Waals surface area contributed by atoms with Crippen LogP contribution in [0.4, 0.5) is 4.79 Å². The Labute approximate surface area is 380 Å². The fourth-order valence-corrected chi connectivity index (χ4v) is 13.2. The molecule has 9 heteroatoms. The highest BCUT2D eigenvalue weighted by atomic mass is 16.7. The van der Waals surface area contributed by atoms with Gasteiger partial charge in [0.15, 0.2) is 0 Å². The number of nitrogens with one attached hydrogen (secondary N) is 1. The van der Waals surface area contributed by atoms with Crippen molar-refractivity contribution in [3.05, 3.63) is 59.7 Å². The Hall–Kier alpha value is -2.53. The average molecular weight is 874 g/mol. The normalized spacial score (nSPS) is 30.1. The molecule has 0 aliphatic heterocycles. The van der Waals surface area contributed by atoms with E-state index < -0.39 is 6.09 Å². The summed E-state index contributed by atoms with van der Waals surface area (Å²) in [5.41, 5.74) is 5.23. The third-order valence-electron chi connectivity index (χ3n) is 16.5. The third kappa shape index (κ3) is 11.9. The van der Waals surface area contributed by atoms with Crippen LogP contribution in [0.2, 0.25) is 0 Å². The van der Waals surface area contributed by atoms with Gasteiger partial charge in [-0.3, -0.25) is 0 Å². The molecule has 10 atom stereocenters. The van der Waals surface area contributed by atoms with Crippen LogP contribution in [-0.2, 0) is 33.2 Å². The zero-order chi connectivity index (χ0) is 44.8. The maximum atomic E-state index is 13.3. The van der Waals surface area contributed by atoms with Crippen molar-refractivity contribution in [3.8, 4) is 11.1 Å². The lowest BCUT2D eigenvalue weighted by Gasteiger charge is -2.61. The molecule has 9 nitrogen and oxygen atoms in total. The van der Waals surface area contributed by atoms with Gasteiger partial charge in [-0.25, -0.2) is 4.79 Å². The van der Waals surface area contributed by atoms with Crippen molar-refractivity contribution in [2.75, 3.05) is 46.8 Å². The Bertz CT molecular complexity index is 1720. The number of fused-ring (bicyclic) bond motifs is 8. The number of amides is 1. The summed E-state index contributed by atoms with van der Waals surface area (Å²) in [6.07, 6.45) is 14.4. The van der Waals surface area contributed by atoms with E-state index >= 15 is 0 Å². The average Bonchev–Trinajstić information content (AvgIpc) is 3.76. The molecule has 4 fully saturated rings. The third-order valence-corrected chi connectivity index (χ3v) is 16.5. The van der Waals surface area contributed by atoms with Crippen LogP contribution in [0.15, 0.2) is 48.5 Å². The van der Waals surface area contributed by atoms with E-state index in [2.05, 4.69) is 95.4 Å². The molecule has 7 unspecified atom stereocenters. The van der Waals surface area contributed by atoms with Crippen molar-refractivity contribution in [1.82, 2.24) is 5.32 Å². The smallest absolute Gasteiger partial charge is 0.407 e.